The van der Waals surface area contributed by atoms with Gasteiger partial charge in [-0.1, -0.05) is 19.3 Å². The zero-order valence-electron chi connectivity index (χ0n) is 11.6. The van der Waals surface area contributed by atoms with Gasteiger partial charge in [-0.25, -0.2) is 0 Å². The van der Waals surface area contributed by atoms with Gasteiger partial charge < -0.3 is 15.7 Å². The normalized spacial score (nSPS) is 26.3. The standard InChI is InChI=1S/C14H29N3O/c15-12-14(4-2-1-3-5-14)13-17-8-6-16(7-9-17)10-11-18/h18H,1-13,15H2. The second kappa shape index (κ2) is 6.85. The molecule has 3 N–H and O–H groups in total. The van der Waals surface area contributed by atoms with Crippen LogP contribution in [0.2, 0.25) is 0 Å². The van der Waals surface area contributed by atoms with E-state index in [0.717, 1.165) is 39.3 Å². The Morgan fingerprint density at radius 3 is 2.11 bits per heavy atom. The maximum atomic E-state index is 8.95. The first-order valence-corrected chi connectivity index (χ1v) is 7.54. The second-order valence-electron chi connectivity index (χ2n) is 6.11. The lowest BCUT2D eigenvalue weighted by atomic mass is 9.73. The quantitative estimate of drug-likeness (QED) is 0.751. The van der Waals surface area contributed by atoms with Crippen LogP contribution in [0, 0.1) is 5.41 Å². The molecule has 18 heavy (non-hydrogen) atoms. The van der Waals surface area contributed by atoms with Crippen LogP contribution in [0.4, 0.5) is 0 Å². The third kappa shape index (κ3) is 3.67. The highest BCUT2D eigenvalue weighted by atomic mass is 16.3. The molecule has 106 valence electrons. The van der Waals surface area contributed by atoms with E-state index >= 15 is 0 Å². The molecule has 1 saturated carbocycles. The van der Waals surface area contributed by atoms with Crippen LogP contribution in [0.5, 0.6) is 0 Å². The number of hydrogen-bond acceptors (Lipinski definition) is 4. The molecule has 4 heteroatoms. The van der Waals surface area contributed by atoms with E-state index in [-0.39, 0.29) is 6.61 Å². The van der Waals surface area contributed by atoms with Gasteiger partial charge in [-0.05, 0) is 24.8 Å². The number of β-amino-alcohol motifs (C(OH)–C–C–N with tert-alkyl or cyclic N) is 1. The molecular weight excluding hydrogens is 226 g/mol. The van der Waals surface area contributed by atoms with Gasteiger partial charge in [-0.15, -0.1) is 0 Å². The first-order valence-electron chi connectivity index (χ1n) is 7.54. The van der Waals surface area contributed by atoms with Gasteiger partial charge in [0.05, 0.1) is 6.61 Å². The molecule has 2 rings (SSSR count). The topological polar surface area (TPSA) is 52.7 Å². The fourth-order valence-electron chi connectivity index (χ4n) is 3.52. The average Bonchev–Trinajstić information content (AvgIpc) is 2.42. The summed E-state index contributed by atoms with van der Waals surface area (Å²) in [5, 5.41) is 8.95. The zero-order valence-corrected chi connectivity index (χ0v) is 11.6. The van der Waals surface area contributed by atoms with Crippen LogP contribution in [0.3, 0.4) is 0 Å². The van der Waals surface area contributed by atoms with Crippen molar-refractivity contribution in [1.29, 1.82) is 0 Å². The van der Waals surface area contributed by atoms with Gasteiger partial charge in [0.15, 0.2) is 0 Å². The smallest absolute Gasteiger partial charge is 0.0558 e. The Morgan fingerprint density at radius 1 is 0.944 bits per heavy atom. The number of aliphatic hydroxyl groups excluding tert-OH is 1. The molecule has 4 nitrogen and oxygen atoms in total. The van der Waals surface area contributed by atoms with Gasteiger partial charge in [0.25, 0.3) is 0 Å². The van der Waals surface area contributed by atoms with Crippen LogP contribution in [-0.4, -0.2) is 67.3 Å². The monoisotopic (exact) mass is 255 g/mol. The molecule has 0 aromatic heterocycles. The molecule has 0 bridgehead atoms. The fraction of sp³-hybridized carbons (Fsp3) is 1.00. The Balaban J connectivity index is 1.79. The fourth-order valence-corrected chi connectivity index (χ4v) is 3.52. The summed E-state index contributed by atoms with van der Waals surface area (Å²) in [4.78, 5) is 4.94. The van der Waals surface area contributed by atoms with E-state index < -0.39 is 0 Å². The minimum absolute atomic E-state index is 0.284. The lowest BCUT2D eigenvalue weighted by Crippen LogP contribution is -2.52. The van der Waals surface area contributed by atoms with Crippen molar-refractivity contribution in [3.8, 4) is 0 Å². The second-order valence-corrected chi connectivity index (χ2v) is 6.11. The van der Waals surface area contributed by atoms with Crippen LogP contribution in [-0.2, 0) is 0 Å². The number of hydrogen-bond donors (Lipinski definition) is 2. The first kappa shape index (κ1) is 14.3. The number of aliphatic hydroxyl groups is 1. The van der Waals surface area contributed by atoms with E-state index in [0.29, 0.717) is 5.41 Å². The molecule has 1 saturated heterocycles. The lowest BCUT2D eigenvalue weighted by Gasteiger charge is -2.43. The molecule has 2 fully saturated rings. The summed E-state index contributed by atoms with van der Waals surface area (Å²) in [5.41, 5.74) is 6.46. The van der Waals surface area contributed by atoms with Crippen LogP contribution >= 0.6 is 0 Å². The summed E-state index contributed by atoms with van der Waals surface area (Å²) in [6, 6.07) is 0. The SMILES string of the molecule is NCC1(CN2CCN(CCO)CC2)CCCCC1. The van der Waals surface area contributed by atoms with Gasteiger partial charge in [0.1, 0.15) is 0 Å². The van der Waals surface area contributed by atoms with Crippen molar-refractivity contribution < 1.29 is 5.11 Å². The Bertz CT molecular complexity index is 233. The number of piperazine rings is 1. The van der Waals surface area contributed by atoms with Crippen molar-refractivity contribution in [3.05, 3.63) is 0 Å². The predicted molar refractivity (Wildman–Crippen MR) is 74.5 cm³/mol. The summed E-state index contributed by atoms with van der Waals surface area (Å²) in [5.74, 6) is 0. The van der Waals surface area contributed by atoms with Crippen LogP contribution in [0.1, 0.15) is 32.1 Å². The number of rotatable bonds is 5. The van der Waals surface area contributed by atoms with Gasteiger partial charge in [-0.2, -0.15) is 0 Å². The zero-order chi connectivity index (χ0) is 12.8. The summed E-state index contributed by atoms with van der Waals surface area (Å²) in [6.45, 7) is 7.63. The molecular formula is C14H29N3O. The molecule has 1 aliphatic heterocycles. The summed E-state index contributed by atoms with van der Waals surface area (Å²) in [6.07, 6.45) is 6.76. The molecule has 0 atom stereocenters. The highest BCUT2D eigenvalue weighted by molar-refractivity contribution is 4.88. The molecule has 1 heterocycles. The third-order valence-electron chi connectivity index (χ3n) is 4.79. The molecule has 1 aliphatic carbocycles. The Morgan fingerprint density at radius 2 is 1.56 bits per heavy atom. The van der Waals surface area contributed by atoms with Crippen LogP contribution < -0.4 is 5.73 Å². The third-order valence-corrected chi connectivity index (χ3v) is 4.79. The first-order chi connectivity index (χ1) is 8.78. The maximum Gasteiger partial charge on any atom is 0.0558 e. The maximum absolute atomic E-state index is 8.95. The van der Waals surface area contributed by atoms with E-state index in [9.17, 15) is 0 Å². The van der Waals surface area contributed by atoms with Gasteiger partial charge in [-0.3, -0.25) is 4.90 Å². The highest BCUT2D eigenvalue weighted by Gasteiger charge is 2.33. The minimum Gasteiger partial charge on any atom is -0.395 e. The lowest BCUT2D eigenvalue weighted by molar-refractivity contribution is 0.0607. The van der Waals surface area contributed by atoms with Gasteiger partial charge in [0.2, 0.25) is 0 Å². The Kier molecular flexibility index (Phi) is 5.42. The predicted octanol–water partition coefficient (Wildman–Crippen LogP) is 0.506. The summed E-state index contributed by atoms with van der Waals surface area (Å²) >= 11 is 0. The number of nitrogens with two attached hydrogens (primary N) is 1. The van der Waals surface area contributed by atoms with E-state index in [4.69, 9.17) is 10.8 Å². The van der Waals surface area contributed by atoms with Crippen molar-refractivity contribution in [1.82, 2.24) is 9.80 Å². The number of nitrogens with zero attached hydrogens (tertiary/aromatic N) is 2. The van der Waals surface area contributed by atoms with Gasteiger partial charge in [0, 0.05) is 39.3 Å². The van der Waals surface area contributed by atoms with Gasteiger partial charge >= 0.3 is 0 Å². The molecule has 0 unspecified atom stereocenters. The minimum atomic E-state index is 0.284. The van der Waals surface area contributed by atoms with Crippen LogP contribution in [0.25, 0.3) is 0 Å². The van der Waals surface area contributed by atoms with Crippen molar-refractivity contribution in [2.24, 2.45) is 11.1 Å². The van der Waals surface area contributed by atoms with Crippen molar-refractivity contribution in [2.45, 2.75) is 32.1 Å². The largest absolute Gasteiger partial charge is 0.395 e. The van der Waals surface area contributed by atoms with E-state index in [2.05, 4.69) is 9.80 Å². The molecule has 0 radical (unpaired) electrons. The molecule has 0 aromatic rings. The van der Waals surface area contributed by atoms with E-state index in [1.54, 1.807) is 0 Å². The van der Waals surface area contributed by atoms with Crippen molar-refractivity contribution >= 4 is 0 Å². The van der Waals surface area contributed by atoms with Crippen molar-refractivity contribution in [3.63, 3.8) is 0 Å². The molecule has 0 aromatic carbocycles. The average molecular weight is 255 g/mol. The van der Waals surface area contributed by atoms with Crippen molar-refractivity contribution in [2.75, 3.05) is 52.4 Å². The Hall–Kier alpha value is -0.160. The molecule has 2 aliphatic rings. The Labute approximate surface area is 111 Å². The summed E-state index contributed by atoms with van der Waals surface area (Å²) < 4.78 is 0. The molecule has 0 amide bonds. The molecule has 0 spiro atoms. The van der Waals surface area contributed by atoms with Crippen LogP contribution in [0.15, 0.2) is 0 Å². The van der Waals surface area contributed by atoms with E-state index in [1.807, 2.05) is 0 Å². The summed E-state index contributed by atoms with van der Waals surface area (Å²) in [7, 11) is 0. The van der Waals surface area contributed by atoms with E-state index in [1.165, 1.54) is 38.6 Å². The highest BCUT2D eigenvalue weighted by Crippen LogP contribution is 2.36.